The number of nitrogens with zero attached hydrogens (tertiary/aromatic N) is 2. The average molecular weight is 295 g/mol. The topological polar surface area (TPSA) is 62.1 Å². The van der Waals surface area contributed by atoms with Gasteiger partial charge in [-0.1, -0.05) is 23.4 Å². The lowest BCUT2D eigenvalue weighted by Crippen LogP contribution is -2.30. The van der Waals surface area contributed by atoms with Gasteiger partial charge in [0.05, 0.1) is 6.04 Å². The highest BCUT2D eigenvalue weighted by Crippen LogP contribution is 2.33. The number of hydrogen-bond donors (Lipinski definition) is 1. The predicted molar refractivity (Wildman–Crippen MR) is 82.6 cm³/mol. The molecule has 0 aliphatic carbocycles. The van der Waals surface area contributed by atoms with E-state index in [1.807, 2.05) is 48.2 Å². The number of likely N-dealkylation sites (tertiary alicyclic amines) is 1. The van der Waals surface area contributed by atoms with Crippen LogP contribution in [0.5, 0.6) is 0 Å². The molecule has 1 amide bonds. The summed E-state index contributed by atoms with van der Waals surface area (Å²) in [5.41, 5.74) is 2.46. The molecule has 1 saturated heterocycles. The van der Waals surface area contributed by atoms with Crippen LogP contribution in [0.3, 0.4) is 0 Å². The van der Waals surface area contributed by atoms with E-state index in [4.69, 9.17) is 4.52 Å². The molecule has 1 aliphatic rings. The van der Waals surface area contributed by atoms with Crippen LogP contribution in [0.2, 0.25) is 0 Å². The molecule has 5 heteroatoms. The van der Waals surface area contributed by atoms with Crippen LogP contribution in [0.1, 0.15) is 40.8 Å². The smallest absolute Gasteiger partial charge is 0.270 e. The molecule has 0 bridgehead atoms. The Morgan fingerprint density at radius 3 is 3.00 bits per heavy atom. The predicted octanol–water partition coefficient (Wildman–Crippen LogP) is 3.44. The summed E-state index contributed by atoms with van der Waals surface area (Å²) in [6, 6.07) is 11.8. The minimum atomic E-state index is 0.0105. The third-order valence-electron chi connectivity index (χ3n) is 4.26. The van der Waals surface area contributed by atoms with Gasteiger partial charge in [-0.2, -0.15) is 0 Å². The summed E-state index contributed by atoms with van der Waals surface area (Å²) in [7, 11) is 0. The molecule has 112 valence electrons. The third kappa shape index (κ3) is 2.09. The van der Waals surface area contributed by atoms with Gasteiger partial charge in [0.25, 0.3) is 5.91 Å². The largest absolute Gasteiger partial charge is 0.361 e. The van der Waals surface area contributed by atoms with Gasteiger partial charge >= 0.3 is 0 Å². The third-order valence-corrected chi connectivity index (χ3v) is 4.26. The van der Waals surface area contributed by atoms with Gasteiger partial charge in [-0.3, -0.25) is 4.79 Å². The molecule has 1 atom stereocenters. The maximum absolute atomic E-state index is 12.8. The molecule has 22 heavy (non-hydrogen) atoms. The number of carbonyl (C=O) groups is 1. The van der Waals surface area contributed by atoms with Gasteiger partial charge in [-0.05, 0) is 31.9 Å². The number of aryl methyl sites for hydroxylation is 1. The molecular weight excluding hydrogens is 278 g/mol. The van der Waals surface area contributed by atoms with Gasteiger partial charge < -0.3 is 14.4 Å². The lowest BCUT2D eigenvalue weighted by Gasteiger charge is -2.22. The van der Waals surface area contributed by atoms with Crippen LogP contribution in [0.4, 0.5) is 0 Å². The van der Waals surface area contributed by atoms with Crippen LogP contribution in [0.25, 0.3) is 10.9 Å². The van der Waals surface area contributed by atoms with Gasteiger partial charge in [0.2, 0.25) is 0 Å². The monoisotopic (exact) mass is 295 g/mol. The number of aromatic amines is 1. The van der Waals surface area contributed by atoms with Crippen molar-refractivity contribution in [2.45, 2.75) is 25.8 Å². The van der Waals surface area contributed by atoms with E-state index in [-0.39, 0.29) is 11.9 Å². The van der Waals surface area contributed by atoms with Crippen molar-refractivity contribution in [3.8, 4) is 0 Å². The number of H-pyrrole nitrogens is 1. The molecule has 1 fully saturated rings. The Morgan fingerprint density at radius 1 is 1.36 bits per heavy atom. The fraction of sp³-hybridized carbons (Fsp3) is 0.294. The number of nitrogens with one attached hydrogen (secondary N) is 1. The Labute approximate surface area is 127 Å². The molecule has 1 N–H and O–H groups in total. The van der Waals surface area contributed by atoms with Crippen LogP contribution in [0, 0.1) is 6.92 Å². The molecule has 4 rings (SSSR count). The fourth-order valence-electron chi connectivity index (χ4n) is 3.20. The molecule has 0 radical (unpaired) electrons. The summed E-state index contributed by atoms with van der Waals surface area (Å²) in [5.74, 6) is 0.805. The van der Waals surface area contributed by atoms with Crippen LogP contribution in [-0.4, -0.2) is 27.5 Å². The van der Waals surface area contributed by atoms with Gasteiger partial charge in [0.15, 0.2) is 0 Å². The van der Waals surface area contributed by atoms with E-state index in [1.165, 1.54) is 0 Å². The lowest BCUT2D eigenvalue weighted by atomic mass is 10.1. The van der Waals surface area contributed by atoms with Crippen LogP contribution >= 0.6 is 0 Å². The zero-order valence-corrected chi connectivity index (χ0v) is 12.4. The standard InChI is InChI=1S/C17H17N3O2/c1-11-9-14(19-22-11)16-7-4-8-20(16)17(21)15-10-12-5-2-3-6-13(12)18-15/h2-3,5-6,9-10,16,18H,4,7-8H2,1H3/t16-/m1/s1. The minimum Gasteiger partial charge on any atom is -0.361 e. The lowest BCUT2D eigenvalue weighted by molar-refractivity contribution is 0.0726. The Morgan fingerprint density at radius 2 is 2.23 bits per heavy atom. The first-order chi connectivity index (χ1) is 10.7. The molecule has 1 aromatic carbocycles. The molecule has 0 spiro atoms. The number of rotatable bonds is 2. The number of benzene rings is 1. The summed E-state index contributed by atoms with van der Waals surface area (Å²) >= 11 is 0. The van der Waals surface area contributed by atoms with E-state index < -0.39 is 0 Å². The summed E-state index contributed by atoms with van der Waals surface area (Å²) in [6.07, 6.45) is 1.92. The molecule has 0 saturated carbocycles. The summed E-state index contributed by atoms with van der Waals surface area (Å²) in [4.78, 5) is 17.9. The number of carbonyl (C=O) groups excluding carboxylic acids is 1. The maximum atomic E-state index is 12.8. The average Bonchev–Trinajstić information content (AvgIpc) is 3.24. The fourth-order valence-corrected chi connectivity index (χ4v) is 3.20. The molecule has 2 aromatic heterocycles. The normalized spacial score (nSPS) is 18.2. The van der Waals surface area contributed by atoms with Crippen molar-refractivity contribution in [1.82, 2.24) is 15.0 Å². The first-order valence-corrected chi connectivity index (χ1v) is 7.54. The molecule has 5 nitrogen and oxygen atoms in total. The second-order valence-corrected chi connectivity index (χ2v) is 5.79. The maximum Gasteiger partial charge on any atom is 0.270 e. The van der Waals surface area contributed by atoms with Crippen molar-refractivity contribution in [3.63, 3.8) is 0 Å². The Kier molecular flexibility index (Phi) is 2.99. The van der Waals surface area contributed by atoms with E-state index in [0.717, 1.165) is 41.7 Å². The Balaban J connectivity index is 1.66. The molecule has 1 aliphatic heterocycles. The Bertz CT molecular complexity index is 800. The number of amides is 1. The van der Waals surface area contributed by atoms with Crippen molar-refractivity contribution in [3.05, 3.63) is 53.5 Å². The molecule has 3 aromatic rings. The highest BCUT2D eigenvalue weighted by molar-refractivity contribution is 5.98. The van der Waals surface area contributed by atoms with Gasteiger partial charge in [-0.25, -0.2) is 0 Å². The van der Waals surface area contributed by atoms with Crippen molar-refractivity contribution >= 4 is 16.8 Å². The van der Waals surface area contributed by atoms with E-state index >= 15 is 0 Å². The summed E-state index contributed by atoms with van der Waals surface area (Å²) in [5, 5.41) is 5.14. The number of hydrogen-bond acceptors (Lipinski definition) is 3. The van der Waals surface area contributed by atoms with Gasteiger partial charge in [-0.15, -0.1) is 0 Å². The van der Waals surface area contributed by atoms with E-state index in [2.05, 4.69) is 10.1 Å². The first kappa shape index (κ1) is 13.1. The van der Waals surface area contributed by atoms with Crippen LogP contribution in [-0.2, 0) is 0 Å². The molecule has 0 unspecified atom stereocenters. The van der Waals surface area contributed by atoms with E-state index in [1.54, 1.807) is 0 Å². The van der Waals surface area contributed by atoms with Gasteiger partial charge in [0, 0.05) is 23.5 Å². The Hall–Kier alpha value is -2.56. The molecular formula is C17H17N3O2. The zero-order valence-electron chi connectivity index (χ0n) is 12.4. The number of para-hydroxylation sites is 1. The summed E-state index contributed by atoms with van der Waals surface area (Å²) < 4.78 is 5.16. The number of aromatic nitrogens is 2. The first-order valence-electron chi connectivity index (χ1n) is 7.54. The van der Waals surface area contributed by atoms with Crippen molar-refractivity contribution in [1.29, 1.82) is 0 Å². The van der Waals surface area contributed by atoms with Crippen molar-refractivity contribution in [2.24, 2.45) is 0 Å². The minimum absolute atomic E-state index is 0.0105. The van der Waals surface area contributed by atoms with Gasteiger partial charge in [0.1, 0.15) is 17.1 Å². The number of fused-ring (bicyclic) bond motifs is 1. The second kappa shape index (κ2) is 5.02. The quantitative estimate of drug-likeness (QED) is 0.787. The van der Waals surface area contributed by atoms with E-state index in [0.29, 0.717) is 5.69 Å². The molecule has 3 heterocycles. The van der Waals surface area contributed by atoms with Crippen LogP contribution < -0.4 is 0 Å². The van der Waals surface area contributed by atoms with Crippen molar-refractivity contribution < 1.29 is 9.32 Å². The van der Waals surface area contributed by atoms with E-state index in [9.17, 15) is 4.79 Å². The van der Waals surface area contributed by atoms with Crippen molar-refractivity contribution in [2.75, 3.05) is 6.54 Å². The summed E-state index contributed by atoms with van der Waals surface area (Å²) in [6.45, 7) is 2.63. The second-order valence-electron chi connectivity index (χ2n) is 5.79. The SMILES string of the molecule is Cc1cc([C@H]2CCCN2C(=O)c2cc3ccccc3[nH]2)no1. The highest BCUT2D eigenvalue weighted by atomic mass is 16.5. The zero-order chi connectivity index (χ0) is 15.1. The van der Waals surface area contributed by atoms with Crippen LogP contribution in [0.15, 0.2) is 40.9 Å². The highest BCUT2D eigenvalue weighted by Gasteiger charge is 2.33.